The lowest BCUT2D eigenvalue weighted by Gasteiger charge is -2.24. The summed E-state index contributed by atoms with van der Waals surface area (Å²) in [7, 11) is -4.18. The molecule has 0 saturated heterocycles. The second-order valence-electron chi connectivity index (χ2n) is 9.23. The highest BCUT2D eigenvalue weighted by Gasteiger charge is 2.33. The van der Waals surface area contributed by atoms with Crippen LogP contribution in [0.4, 0.5) is 0 Å². The molecular formula is C32H32N2O4S. The molecule has 6 nitrogen and oxygen atoms in total. The summed E-state index contributed by atoms with van der Waals surface area (Å²) in [6, 6.07) is 29.5. The normalized spacial score (nSPS) is 12.4. The highest BCUT2D eigenvalue weighted by Crippen LogP contribution is 2.20. The maximum absolute atomic E-state index is 13.4. The number of rotatable bonds is 10. The molecule has 200 valence electrons. The molecule has 0 bridgehead atoms. The number of fused-ring (bicyclic) bond motifs is 1. The third kappa shape index (κ3) is 7.00. The molecule has 4 aromatic carbocycles. The molecule has 0 aromatic heterocycles. The number of hydrogen-bond donors (Lipinski definition) is 1. The van der Waals surface area contributed by atoms with E-state index < -0.39 is 27.8 Å². The van der Waals surface area contributed by atoms with Crippen LogP contribution in [-0.4, -0.2) is 38.2 Å². The Morgan fingerprint density at radius 3 is 2.00 bits per heavy atom. The third-order valence-electron chi connectivity index (χ3n) is 6.64. The highest BCUT2D eigenvalue weighted by atomic mass is 32.2. The van der Waals surface area contributed by atoms with Crippen LogP contribution in [0.15, 0.2) is 102 Å². The minimum Gasteiger partial charge on any atom is -0.343 e. The number of sulfonamides is 1. The van der Waals surface area contributed by atoms with Gasteiger partial charge in [-0.15, -0.1) is 0 Å². The fraction of sp³-hybridized carbons (Fsp3) is 0.188. The first kappa shape index (κ1) is 27.8. The molecule has 0 aliphatic rings. The van der Waals surface area contributed by atoms with Crippen molar-refractivity contribution in [3.8, 4) is 0 Å². The Labute approximate surface area is 230 Å². The van der Waals surface area contributed by atoms with Crippen molar-refractivity contribution in [3.63, 3.8) is 0 Å². The monoisotopic (exact) mass is 540 g/mol. The Bertz CT molecular complexity index is 1580. The van der Waals surface area contributed by atoms with Gasteiger partial charge in [0.15, 0.2) is 0 Å². The molecule has 39 heavy (non-hydrogen) atoms. The topological polar surface area (TPSA) is 83.6 Å². The molecule has 2 amide bonds. The fourth-order valence-corrected chi connectivity index (χ4v) is 5.46. The van der Waals surface area contributed by atoms with Gasteiger partial charge in [0.1, 0.15) is 5.92 Å². The second kappa shape index (κ2) is 12.5. The molecule has 4 aromatic rings. The summed E-state index contributed by atoms with van der Waals surface area (Å²) in [6.45, 7) is 4.49. The van der Waals surface area contributed by atoms with E-state index in [1.165, 1.54) is 12.1 Å². The van der Waals surface area contributed by atoms with E-state index in [2.05, 4.69) is 4.72 Å². The van der Waals surface area contributed by atoms with E-state index in [4.69, 9.17) is 0 Å². The van der Waals surface area contributed by atoms with Crippen LogP contribution in [0.25, 0.3) is 22.9 Å². The van der Waals surface area contributed by atoms with Gasteiger partial charge in [0, 0.05) is 13.1 Å². The first-order valence-electron chi connectivity index (χ1n) is 13.0. The minimum atomic E-state index is -4.18. The maximum Gasteiger partial charge on any atom is 0.264 e. The van der Waals surface area contributed by atoms with E-state index in [-0.39, 0.29) is 11.3 Å². The zero-order chi connectivity index (χ0) is 27.8. The smallest absolute Gasteiger partial charge is 0.264 e. The summed E-state index contributed by atoms with van der Waals surface area (Å²) >= 11 is 0. The first-order valence-corrected chi connectivity index (χ1v) is 14.5. The largest absolute Gasteiger partial charge is 0.343 e. The van der Waals surface area contributed by atoms with Gasteiger partial charge in [-0.25, -0.2) is 13.1 Å². The SMILES string of the molecule is CCN(CC)C(=O)C(Cc1ccc(/C=C/c2ccccc2)cc1)C(=O)NS(=O)(=O)c1ccc2ccccc2c1. The van der Waals surface area contributed by atoms with Crippen LogP contribution < -0.4 is 4.72 Å². The Kier molecular flexibility index (Phi) is 8.94. The van der Waals surface area contributed by atoms with E-state index in [1.807, 2.05) is 105 Å². The molecule has 0 aliphatic heterocycles. The number of hydrogen-bond acceptors (Lipinski definition) is 4. The van der Waals surface area contributed by atoms with E-state index in [1.54, 1.807) is 11.0 Å². The van der Waals surface area contributed by atoms with Gasteiger partial charge >= 0.3 is 0 Å². The Balaban J connectivity index is 1.55. The van der Waals surface area contributed by atoms with Gasteiger partial charge in [0.05, 0.1) is 4.90 Å². The zero-order valence-corrected chi connectivity index (χ0v) is 22.9. The van der Waals surface area contributed by atoms with Crippen molar-refractivity contribution in [3.05, 3.63) is 114 Å². The summed E-state index contributed by atoms with van der Waals surface area (Å²) in [6.07, 6.45) is 4.07. The van der Waals surface area contributed by atoms with E-state index in [9.17, 15) is 18.0 Å². The van der Waals surface area contributed by atoms with Crippen molar-refractivity contribution in [1.82, 2.24) is 9.62 Å². The summed E-state index contributed by atoms with van der Waals surface area (Å²) in [5.41, 5.74) is 2.81. The second-order valence-corrected chi connectivity index (χ2v) is 10.9. The predicted octanol–water partition coefficient (Wildman–Crippen LogP) is 5.54. The molecule has 7 heteroatoms. The molecule has 0 spiro atoms. The molecule has 4 rings (SSSR count). The lowest BCUT2D eigenvalue weighted by Crippen LogP contribution is -2.46. The summed E-state index contributed by atoms with van der Waals surface area (Å²) in [4.78, 5) is 28.2. The summed E-state index contributed by atoms with van der Waals surface area (Å²) < 4.78 is 28.5. The molecule has 0 radical (unpaired) electrons. The van der Waals surface area contributed by atoms with Crippen molar-refractivity contribution in [2.45, 2.75) is 25.2 Å². The van der Waals surface area contributed by atoms with Crippen molar-refractivity contribution in [2.75, 3.05) is 13.1 Å². The Morgan fingerprint density at radius 2 is 1.36 bits per heavy atom. The number of amides is 2. The van der Waals surface area contributed by atoms with Gasteiger partial charge in [-0.3, -0.25) is 9.59 Å². The van der Waals surface area contributed by atoms with Gasteiger partial charge in [-0.05, 0) is 59.9 Å². The van der Waals surface area contributed by atoms with Crippen LogP contribution in [0.5, 0.6) is 0 Å². The van der Waals surface area contributed by atoms with Crippen LogP contribution in [0.3, 0.4) is 0 Å². The Morgan fingerprint density at radius 1 is 0.769 bits per heavy atom. The van der Waals surface area contributed by atoms with E-state index in [0.717, 1.165) is 27.5 Å². The molecule has 1 unspecified atom stereocenters. The minimum absolute atomic E-state index is 0.0295. The maximum atomic E-state index is 13.4. The molecule has 0 fully saturated rings. The highest BCUT2D eigenvalue weighted by molar-refractivity contribution is 7.90. The lowest BCUT2D eigenvalue weighted by atomic mass is 9.96. The molecule has 1 atom stereocenters. The van der Waals surface area contributed by atoms with E-state index >= 15 is 0 Å². The van der Waals surface area contributed by atoms with Crippen LogP contribution in [-0.2, 0) is 26.0 Å². The summed E-state index contributed by atoms with van der Waals surface area (Å²) in [5.74, 6) is -2.43. The number of nitrogens with one attached hydrogen (secondary N) is 1. The van der Waals surface area contributed by atoms with Gasteiger partial charge in [-0.1, -0.05) is 97.1 Å². The van der Waals surface area contributed by atoms with Crippen molar-refractivity contribution >= 4 is 44.8 Å². The number of carbonyl (C=O) groups is 2. The van der Waals surface area contributed by atoms with Crippen LogP contribution >= 0.6 is 0 Å². The first-order chi connectivity index (χ1) is 18.8. The quantitative estimate of drug-likeness (QED) is 0.211. The number of nitrogens with zero attached hydrogens (tertiary/aromatic N) is 1. The van der Waals surface area contributed by atoms with Crippen molar-refractivity contribution in [1.29, 1.82) is 0 Å². The molecule has 1 N–H and O–H groups in total. The molecule has 0 aliphatic carbocycles. The molecular weight excluding hydrogens is 508 g/mol. The Hall–Kier alpha value is -4.23. The number of benzene rings is 4. The average Bonchev–Trinajstić information content (AvgIpc) is 2.96. The van der Waals surface area contributed by atoms with Gasteiger partial charge < -0.3 is 4.90 Å². The number of carbonyl (C=O) groups excluding carboxylic acids is 2. The lowest BCUT2D eigenvalue weighted by molar-refractivity contribution is -0.141. The van der Waals surface area contributed by atoms with Crippen LogP contribution in [0.1, 0.15) is 30.5 Å². The summed E-state index contributed by atoms with van der Waals surface area (Å²) in [5, 5.41) is 1.63. The van der Waals surface area contributed by atoms with Gasteiger partial charge in [0.2, 0.25) is 11.8 Å². The molecule has 0 heterocycles. The van der Waals surface area contributed by atoms with Crippen LogP contribution in [0.2, 0.25) is 0 Å². The fourth-order valence-electron chi connectivity index (χ4n) is 4.40. The molecule has 0 saturated carbocycles. The van der Waals surface area contributed by atoms with Crippen molar-refractivity contribution < 1.29 is 18.0 Å². The van der Waals surface area contributed by atoms with Gasteiger partial charge in [-0.2, -0.15) is 0 Å². The zero-order valence-electron chi connectivity index (χ0n) is 22.1. The standard InChI is InChI=1S/C32H32N2O4S/c1-3-34(4-2)32(36)30(22-26-18-16-25(17-19-26)15-14-24-10-6-5-7-11-24)31(35)33-39(37,38)29-21-20-27-12-8-9-13-28(27)23-29/h5-21,23,30H,3-4,22H2,1-2H3,(H,33,35)/b15-14+. The van der Waals surface area contributed by atoms with Gasteiger partial charge in [0.25, 0.3) is 10.0 Å². The van der Waals surface area contributed by atoms with E-state index in [0.29, 0.717) is 13.1 Å². The van der Waals surface area contributed by atoms with Crippen molar-refractivity contribution in [2.24, 2.45) is 5.92 Å². The predicted molar refractivity (Wildman–Crippen MR) is 156 cm³/mol. The average molecular weight is 541 g/mol. The third-order valence-corrected chi connectivity index (χ3v) is 7.99. The van der Waals surface area contributed by atoms with Crippen LogP contribution in [0, 0.1) is 5.92 Å².